The minimum Gasteiger partial charge on any atom is -0.452 e. The lowest BCUT2D eigenvalue weighted by Crippen LogP contribution is -2.46. The molecular weight excluding hydrogens is 376 g/mol. The maximum absolute atomic E-state index is 12.3. The lowest BCUT2D eigenvalue weighted by molar-refractivity contribution is -0.154. The lowest BCUT2D eigenvalue weighted by Gasteiger charge is -2.15. The summed E-state index contributed by atoms with van der Waals surface area (Å²) >= 11 is 0. The van der Waals surface area contributed by atoms with Crippen molar-refractivity contribution in [1.29, 1.82) is 0 Å². The normalized spacial score (nSPS) is 11.7. The summed E-state index contributed by atoms with van der Waals surface area (Å²) < 4.78 is 6.71. The topological polar surface area (TPSA) is 128 Å². The van der Waals surface area contributed by atoms with E-state index >= 15 is 0 Å². The van der Waals surface area contributed by atoms with Crippen LogP contribution in [0, 0.1) is 13.8 Å². The highest BCUT2D eigenvalue weighted by Gasteiger charge is 2.21. The molecule has 2 amide bonds. The van der Waals surface area contributed by atoms with Gasteiger partial charge in [0.15, 0.2) is 6.10 Å². The summed E-state index contributed by atoms with van der Waals surface area (Å²) in [6.07, 6.45) is 0.212. The van der Waals surface area contributed by atoms with Crippen molar-refractivity contribution in [2.24, 2.45) is 0 Å². The summed E-state index contributed by atoms with van der Waals surface area (Å²) in [6.45, 7) is 4.98. The van der Waals surface area contributed by atoms with Crippen molar-refractivity contribution in [1.82, 2.24) is 30.4 Å². The molecule has 29 heavy (non-hydrogen) atoms. The van der Waals surface area contributed by atoms with E-state index in [4.69, 9.17) is 4.74 Å². The van der Waals surface area contributed by atoms with Crippen molar-refractivity contribution in [3.63, 3.8) is 0 Å². The van der Waals surface area contributed by atoms with E-state index in [0.717, 1.165) is 0 Å². The van der Waals surface area contributed by atoms with Gasteiger partial charge in [0.25, 0.3) is 17.6 Å². The van der Waals surface area contributed by atoms with Gasteiger partial charge in [-0.05, 0) is 32.9 Å². The quantitative estimate of drug-likeness (QED) is 0.479. The molecule has 10 heteroatoms. The Morgan fingerprint density at radius 3 is 2.59 bits per heavy atom. The standard InChI is InChI=1S/C19H20N6O4/c1-11-15(12(2)25-19(22-11)20-10-21-25)9-16(26)29-13(3)17(27)23-24-18(28)14-7-5-4-6-8-14/h4-8,10,13H,9H2,1-3H3,(H,23,27)(H,24,28)/t13-/m1/s1. The van der Waals surface area contributed by atoms with Crippen LogP contribution in [0.5, 0.6) is 0 Å². The number of hydrogen-bond donors (Lipinski definition) is 2. The molecule has 0 unspecified atom stereocenters. The second-order valence-corrected chi connectivity index (χ2v) is 6.35. The van der Waals surface area contributed by atoms with E-state index in [1.807, 2.05) is 0 Å². The molecule has 0 saturated carbocycles. The van der Waals surface area contributed by atoms with Crippen molar-refractivity contribution in [3.8, 4) is 0 Å². The molecule has 0 aliphatic heterocycles. The Hall–Kier alpha value is -3.82. The van der Waals surface area contributed by atoms with Gasteiger partial charge in [0, 0.05) is 22.5 Å². The molecule has 3 aromatic rings. The van der Waals surface area contributed by atoms with Gasteiger partial charge >= 0.3 is 5.97 Å². The van der Waals surface area contributed by atoms with Crippen molar-refractivity contribution in [3.05, 3.63) is 59.2 Å². The molecule has 0 spiro atoms. The van der Waals surface area contributed by atoms with Crippen molar-refractivity contribution in [2.75, 3.05) is 0 Å². The first-order chi connectivity index (χ1) is 13.9. The summed E-state index contributed by atoms with van der Waals surface area (Å²) in [7, 11) is 0. The number of amides is 2. The number of carbonyl (C=O) groups excluding carboxylic acids is 3. The van der Waals surface area contributed by atoms with Gasteiger partial charge in [-0.1, -0.05) is 18.2 Å². The van der Waals surface area contributed by atoms with Gasteiger partial charge in [0.2, 0.25) is 0 Å². The molecule has 150 valence electrons. The molecule has 0 aliphatic carbocycles. The lowest BCUT2D eigenvalue weighted by atomic mass is 10.1. The van der Waals surface area contributed by atoms with Gasteiger partial charge in [-0.3, -0.25) is 25.2 Å². The highest BCUT2D eigenvalue weighted by Crippen LogP contribution is 2.14. The third kappa shape index (κ3) is 4.54. The Bertz CT molecular complexity index is 1060. The maximum atomic E-state index is 12.3. The molecule has 10 nitrogen and oxygen atoms in total. The van der Waals surface area contributed by atoms with Crippen LogP contribution >= 0.6 is 0 Å². The van der Waals surface area contributed by atoms with Gasteiger partial charge in [-0.25, -0.2) is 9.50 Å². The van der Waals surface area contributed by atoms with Gasteiger partial charge in [0.05, 0.1) is 6.42 Å². The van der Waals surface area contributed by atoms with Crippen molar-refractivity contribution < 1.29 is 19.1 Å². The second-order valence-electron chi connectivity index (χ2n) is 6.35. The molecule has 0 saturated heterocycles. The number of benzene rings is 1. The molecule has 0 aliphatic rings. The molecule has 2 aromatic heterocycles. The Balaban J connectivity index is 1.56. The monoisotopic (exact) mass is 396 g/mol. The van der Waals surface area contributed by atoms with Crippen LogP contribution in [0.4, 0.5) is 0 Å². The van der Waals surface area contributed by atoms with E-state index < -0.39 is 23.9 Å². The second kappa shape index (κ2) is 8.46. The van der Waals surface area contributed by atoms with Crippen LogP contribution in [-0.4, -0.2) is 43.5 Å². The van der Waals surface area contributed by atoms with Gasteiger partial charge in [-0.2, -0.15) is 10.1 Å². The zero-order valence-electron chi connectivity index (χ0n) is 16.2. The average molecular weight is 396 g/mol. The zero-order valence-corrected chi connectivity index (χ0v) is 16.2. The molecule has 0 radical (unpaired) electrons. The third-order valence-corrected chi connectivity index (χ3v) is 4.32. The first-order valence-corrected chi connectivity index (χ1v) is 8.87. The summed E-state index contributed by atoms with van der Waals surface area (Å²) in [5.41, 5.74) is 6.91. The minimum absolute atomic E-state index is 0.0749. The van der Waals surface area contributed by atoms with E-state index in [0.29, 0.717) is 28.3 Å². The first-order valence-electron chi connectivity index (χ1n) is 8.87. The van der Waals surface area contributed by atoms with Crippen molar-refractivity contribution >= 4 is 23.6 Å². The number of fused-ring (bicyclic) bond motifs is 1. The third-order valence-electron chi connectivity index (χ3n) is 4.32. The molecule has 1 atom stereocenters. The van der Waals surface area contributed by atoms with E-state index in [-0.39, 0.29) is 6.42 Å². The fourth-order valence-corrected chi connectivity index (χ4v) is 2.73. The smallest absolute Gasteiger partial charge is 0.311 e. The van der Waals surface area contributed by atoms with Crippen LogP contribution in [0.2, 0.25) is 0 Å². The minimum atomic E-state index is -1.10. The van der Waals surface area contributed by atoms with Crippen LogP contribution in [-0.2, 0) is 20.7 Å². The van der Waals surface area contributed by atoms with Gasteiger partial charge in [0.1, 0.15) is 6.33 Å². The fourth-order valence-electron chi connectivity index (χ4n) is 2.73. The number of nitrogens with one attached hydrogen (secondary N) is 2. The first kappa shape index (κ1) is 19.9. The highest BCUT2D eigenvalue weighted by atomic mass is 16.5. The molecule has 2 N–H and O–H groups in total. The number of aromatic nitrogens is 4. The zero-order chi connectivity index (χ0) is 21.0. The van der Waals surface area contributed by atoms with Gasteiger partial charge in [-0.15, -0.1) is 0 Å². The summed E-state index contributed by atoms with van der Waals surface area (Å²) in [5.74, 6) is -1.29. The van der Waals surface area contributed by atoms with E-state index in [1.54, 1.807) is 44.2 Å². The average Bonchev–Trinajstić information content (AvgIpc) is 3.18. The largest absolute Gasteiger partial charge is 0.452 e. The Kier molecular flexibility index (Phi) is 5.82. The number of hydrazine groups is 1. The molecule has 2 heterocycles. The van der Waals surface area contributed by atoms with E-state index in [1.165, 1.54) is 17.8 Å². The number of nitrogens with zero attached hydrogens (tertiary/aromatic N) is 4. The van der Waals surface area contributed by atoms with Crippen LogP contribution < -0.4 is 10.9 Å². The Morgan fingerprint density at radius 2 is 1.86 bits per heavy atom. The van der Waals surface area contributed by atoms with Crippen LogP contribution in [0.1, 0.15) is 34.2 Å². The summed E-state index contributed by atoms with van der Waals surface area (Å²) in [4.78, 5) is 44.7. The predicted octanol–water partition coefficient (Wildman–Crippen LogP) is 0.677. The number of esters is 1. The highest BCUT2D eigenvalue weighted by molar-refractivity contribution is 5.95. The maximum Gasteiger partial charge on any atom is 0.311 e. The predicted molar refractivity (Wildman–Crippen MR) is 102 cm³/mol. The summed E-state index contributed by atoms with van der Waals surface area (Å²) in [5, 5.41) is 4.07. The number of carbonyl (C=O) groups is 3. The number of hydrogen-bond acceptors (Lipinski definition) is 7. The SMILES string of the molecule is Cc1nc2ncnn2c(C)c1CC(=O)O[C@H](C)C(=O)NNC(=O)c1ccccc1. The molecular formula is C19H20N6O4. The molecule has 0 fully saturated rings. The molecule has 3 rings (SSSR count). The van der Waals surface area contributed by atoms with Crippen molar-refractivity contribution in [2.45, 2.75) is 33.3 Å². The fraction of sp³-hybridized carbons (Fsp3) is 0.263. The number of ether oxygens (including phenoxy) is 1. The van der Waals surface area contributed by atoms with E-state index in [2.05, 4.69) is 25.9 Å². The molecule has 1 aromatic carbocycles. The molecule has 0 bridgehead atoms. The van der Waals surface area contributed by atoms with Crippen LogP contribution in [0.3, 0.4) is 0 Å². The van der Waals surface area contributed by atoms with Crippen LogP contribution in [0.25, 0.3) is 5.78 Å². The number of aryl methyl sites for hydroxylation is 2. The summed E-state index contributed by atoms with van der Waals surface area (Å²) in [6, 6.07) is 8.40. The Labute approximate surface area is 166 Å². The van der Waals surface area contributed by atoms with Crippen LogP contribution in [0.15, 0.2) is 36.7 Å². The Morgan fingerprint density at radius 1 is 1.14 bits per heavy atom. The van der Waals surface area contributed by atoms with E-state index in [9.17, 15) is 14.4 Å². The van der Waals surface area contributed by atoms with Gasteiger partial charge < -0.3 is 4.74 Å². The number of rotatable bonds is 5.